The van der Waals surface area contributed by atoms with Gasteiger partial charge in [0, 0.05) is 13.1 Å². The molecule has 0 unspecified atom stereocenters. The number of sulfonamides is 1. The van der Waals surface area contributed by atoms with Crippen molar-refractivity contribution in [3.63, 3.8) is 0 Å². The number of ether oxygens (including phenoxy) is 3. The van der Waals surface area contributed by atoms with E-state index < -0.39 is 22.0 Å². The van der Waals surface area contributed by atoms with E-state index in [1.807, 2.05) is 24.3 Å². The summed E-state index contributed by atoms with van der Waals surface area (Å²) in [6, 6.07) is 12.0. The van der Waals surface area contributed by atoms with Crippen molar-refractivity contribution in [3.8, 4) is 11.5 Å². The van der Waals surface area contributed by atoms with Crippen molar-refractivity contribution in [1.82, 2.24) is 4.31 Å². The molecular weight excluding hydrogens is 432 g/mol. The van der Waals surface area contributed by atoms with Crippen LogP contribution < -0.4 is 14.8 Å². The van der Waals surface area contributed by atoms with Crippen LogP contribution in [0.3, 0.4) is 0 Å². The quantitative estimate of drug-likeness (QED) is 0.647. The van der Waals surface area contributed by atoms with Gasteiger partial charge in [0.15, 0.2) is 6.10 Å². The van der Waals surface area contributed by atoms with E-state index in [1.54, 1.807) is 6.92 Å². The molecule has 0 saturated carbocycles. The highest BCUT2D eigenvalue weighted by Crippen LogP contribution is 2.30. The van der Waals surface area contributed by atoms with Crippen molar-refractivity contribution in [2.75, 3.05) is 38.7 Å². The summed E-state index contributed by atoms with van der Waals surface area (Å²) in [7, 11) is -2.26. The van der Waals surface area contributed by atoms with Crippen LogP contribution in [-0.4, -0.2) is 58.1 Å². The molecule has 174 valence electrons. The van der Waals surface area contributed by atoms with Crippen molar-refractivity contribution in [1.29, 1.82) is 0 Å². The standard InChI is InChI=1S/C23H30N2O6S/c1-16(2)19-7-5-6-8-21(19)31-17(3)23(26)24-20-15-18(9-10-22(20)29-4)32(27,28)25-11-13-30-14-12-25/h5-10,15-17H,11-14H2,1-4H3,(H,24,26)/t17-/m1/s1. The van der Waals surface area contributed by atoms with E-state index >= 15 is 0 Å². The molecule has 3 rings (SSSR count). The van der Waals surface area contributed by atoms with E-state index in [1.165, 1.54) is 29.6 Å². The second-order valence-corrected chi connectivity index (χ2v) is 9.76. The van der Waals surface area contributed by atoms with Gasteiger partial charge in [0.25, 0.3) is 5.91 Å². The lowest BCUT2D eigenvalue weighted by atomic mass is 10.0. The van der Waals surface area contributed by atoms with Gasteiger partial charge in [-0.25, -0.2) is 8.42 Å². The number of nitrogens with one attached hydrogen (secondary N) is 1. The molecule has 1 amide bonds. The molecule has 2 aromatic rings. The molecule has 2 aromatic carbocycles. The summed E-state index contributed by atoms with van der Waals surface area (Å²) in [5.74, 6) is 0.821. The third kappa shape index (κ3) is 5.40. The van der Waals surface area contributed by atoms with E-state index in [0.29, 0.717) is 24.7 Å². The number of methoxy groups -OCH3 is 1. The van der Waals surface area contributed by atoms with Crippen molar-refractivity contribution in [2.24, 2.45) is 0 Å². The zero-order valence-electron chi connectivity index (χ0n) is 18.8. The number of hydrogen-bond donors (Lipinski definition) is 1. The third-order valence-electron chi connectivity index (χ3n) is 5.25. The first-order valence-corrected chi connectivity index (χ1v) is 12.0. The summed E-state index contributed by atoms with van der Waals surface area (Å²) in [4.78, 5) is 12.9. The maximum Gasteiger partial charge on any atom is 0.265 e. The Kier molecular flexibility index (Phi) is 7.76. The van der Waals surface area contributed by atoms with E-state index in [-0.39, 0.29) is 29.6 Å². The molecule has 0 radical (unpaired) electrons. The first kappa shape index (κ1) is 24.0. The molecule has 1 heterocycles. The second kappa shape index (κ2) is 10.3. The Balaban J connectivity index is 1.80. The first-order chi connectivity index (χ1) is 15.2. The SMILES string of the molecule is COc1ccc(S(=O)(=O)N2CCOCC2)cc1NC(=O)[C@@H](C)Oc1ccccc1C(C)C. The van der Waals surface area contributed by atoms with E-state index in [9.17, 15) is 13.2 Å². The van der Waals surface area contributed by atoms with Crippen molar-refractivity contribution in [3.05, 3.63) is 48.0 Å². The van der Waals surface area contributed by atoms with Crippen LogP contribution >= 0.6 is 0 Å². The lowest BCUT2D eigenvalue weighted by Gasteiger charge is -2.26. The number of carbonyl (C=O) groups is 1. The number of carbonyl (C=O) groups excluding carboxylic acids is 1. The van der Waals surface area contributed by atoms with Crippen LogP contribution in [0, 0.1) is 0 Å². The number of rotatable bonds is 8. The number of amides is 1. The summed E-state index contributed by atoms with van der Waals surface area (Å²) < 4.78 is 43.8. The molecule has 8 nitrogen and oxygen atoms in total. The van der Waals surface area contributed by atoms with Gasteiger partial charge in [0.1, 0.15) is 11.5 Å². The molecular formula is C23H30N2O6S. The highest BCUT2D eigenvalue weighted by molar-refractivity contribution is 7.89. The Morgan fingerprint density at radius 2 is 1.75 bits per heavy atom. The Labute approximate surface area is 189 Å². The monoisotopic (exact) mass is 462 g/mol. The van der Waals surface area contributed by atoms with Gasteiger partial charge in [-0.1, -0.05) is 32.0 Å². The predicted molar refractivity (Wildman–Crippen MR) is 122 cm³/mol. The van der Waals surface area contributed by atoms with Gasteiger partial charge in [-0.3, -0.25) is 4.79 Å². The van der Waals surface area contributed by atoms with Gasteiger partial charge in [0.2, 0.25) is 10.0 Å². The summed E-state index contributed by atoms with van der Waals surface area (Å²) in [5, 5.41) is 2.75. The van der Waals surface area contributed by atoms with E-state index in [2.05, 4.69) is 19.2 Å². The zero-order chi connectivity index (χ0) is 23.3. The van der Waals surface area contributed by atoms with Gasteiger partial charge in [-0.05, 0) is 42.7 Å². The number of morpholine rings is 1. The van der Waals surface area contributed by atoms with Crippen LogP contribution in [0.4, 0.5) is 5.69 Å². The topological polar surface area (TPSA) is 94.2 Å². The number of benzene rings is 2. The average molecular weight is 463 g/mol. The number of nitrogens with zero attached hydrogens (tertiary/aromatic N) is 1. The molecule has 1 aliphatic rings. The normalized spacial score (nSPS) is 15.9. The molecule has 0 aliphatic carbocycles. The lowest BCUT2D eigenvalue weighted by Crippen LogP contribution is -2.40. The lowest BCUT2D eigenvalue weighted by molar-refractivity contribution is -0.122. The van der Waals surface area contributed by atoms with Crippen LogP contribution in [0.2, 0.25) is 0 Å². The molecule has 0 aromatic heterocycles. The molecule has 9 heteroatoms. The van der Waals surface area contributed by atoms with E-state index in [0.717, 1.165) is 5.56 Å². The maximum absolute atomic E-state index is 13.0. The molecule has 0 bridgehead atoms. The molecule has 32 heavy (non-hydrogen) atoms. The molecule has 1 atom stereocenters. The number of para-hydroxylation sites is 1. The predicted octanol–water partition coefficient (Wildman–Crippen LogP) is 3.25. The molecule has 1 saturated heterocycles. The third-order valence-corrected chi connectivity index (χ3v) is 7.15. The maximum atomic E-state index is 13.0. The van der Waals surface area contributed by atoms with Gasteiger partial charge in [-0.2, -0.15) is 4.31 Å². The minimum atomic E-state index is -3.71. The van der Waals surface area contributed by atoms with Crippen molar-refractivity contribution < 1.29 is 27.4 Å². The average Bonchev–Trinajstić information content (AvgIpc) is 2.79. The second-order valence-electron chi connectivity index (χ2n) is 7.82. The molecule has 0 spiro atoms. The van der Waals surface area contributed by atoms with Crippen LogP contribution in [0.25, 0.3) is 0 Å². The van der Waals surface area contributed by atoms with Crippen LogP contribution in [-0.2, 0) is 19.6 Å². The van der Waals surface area contributed by atoms with Crippen LogP contribution in [0.1, 0.15) is 32.3 Å². The first-order valence-electron chi connectivity index (χ1n) is 10.6. The minimum Gasteiger partial charge on any atom is -0.495 e. The van der Waals surface area contributed by atoms with Gasteiger partial charge in [-0.15, -0.1) is 0 Å². The van der Waals surface area contributed by atoms with E-state index in [4.69, 9.17) is 14.2 Å². The van der Waals surface area contributed by atoms with Gasteiger partial charge >= 0.3 is 0 Å². The largest absolute Gasteiger partial charge is 0.495 e. The summed E-state index contributed by atoms with van der Waals surface area (Å²) in [6.07, 6.45) is -0.806. The fraction of sp³-hybridized carbons (Fsp3) is 0.435. The fourth-order valence-corrected chi connectivity index (χ4v) is 4.86. The molecule has 1 N–H and O–H groups in total. The van der Waals surface area contributed by atoms with Crippen LogP contribution in [0.15, 0.2) is 47.4 Å². The Morgan fingerprint density at radius 3 is 2.41 bits per heavy atom. The van der Waals surface area contributed by atoms with Crippen molar-refractivity contribution >= 4 is 21.6 Å². The highest BCUT2D eigenvalue weighted by Gasteiger charge is 2.28. The Bertz CT molecular complexity index is 1050. The summed E-state index contributed by atoms with van der Waals surface area (Å²) in [6.45, 7) is 7.04. The molecule has 1 aliphatic heterocycles. The Hall–Kier alpha value is -2.62. The number of hydrogen-bond acceptors (Lipinski definition) is 6. The Morgan fingerprint density at radius 1 is 1.06 bits per heavy atom. The minimum absolute atomic E-state index is 0.0780. The highest BCUT2D eigenvalue weighted by atomic mass is 32.2. The van der Waals surface area contributed by atoms with Crippen LogP contribution in [0.5, 0.6) is 11.5 Å². The van der Waals surface area contributed by atoms with Crippen molar-refractivity contribution in [2.45, 2.75) is 37.7 Å². The number of anilines is 1. The smallest absolute Gasteiger partial charge is 0.265 e. The van der Waals surface area contributed by atoms with Gasteiger partial charge in [0.05, 0.1) is 30.9 Å². The summed E-state index contributed by atoms with van der Waals surface area (Å²) in [5.41, 5.74) is 1.27. The zero-order valence-corrected chi connectivity index (χ0v) is 19.6. The fourth-order valence-electron chi connectivity index (χ4n) is 3.42. The summed E-state index contributed by atoms with van der Waals surface area (Å²) >= 11 is 0. The molecule has 1 fully saturated rings. The van der Waals surface area contributed by atoms with Gasteiger partial charge < -0.3 is 19.5 Å².